The summed E-state index contributed by atoms with van der Waals surface area (Å²) in [6.45, 7) is 1.93. The van der Waals surface area contributed by atoms with Gasteiger partial charge >= 0.3 is 0 Å². The van der Waals surface area contributed by atoms with Crippen LogP contribution in [0.15, 0.2) is 59.2 Å². The summed E-state index contributed by atoms with van der Waals surface area (Å²) >= 11 is 6.45. The van der Waals surface area contributed by atoms with Gasteiger partial charge in [-0.15, -0.1) is 11.6 Å². The van der Waals surface area contributed by atoms with Gasteiger partial charge in [-0.2, -0.15) is 0 Å². The number of rotatable bonds is 3. The Bertz CT molecular complexity index is 699. The second-order valence-electron chi connectivity index (χ2n) is 4.84. The molecule has 0 spiro atoms. The maximum Gasteiger partial charge on any atom is 0.101 e. The zero-order valence-corrected chi connectivity index (χ0v) is 11.5. The Balaban J connectivity index is 1.84. The van der Waals surface area contributed by atoms with Gasteiger partial charge in [0.15, 0.2) is 0 Å². The van der Waals surface area contributed by atoms with Crippen LogP contribution in [0.2, 0.25) is 0 Å². The lowest BCUT2D eigenvalue weighted by atomic mass is 10.0. The number of hydrogen-bond acceptors (Lipinski definition) is 1. The molecule has 96 valence electrons. The second kappa shape index (κ2) is 5.10. The van der Waals surface area contributed by atoms with Crippen molar-refractivity contribution < 1.29 is 4.42 Å². The first-order valence-electron chi connectivity index (χ1n) is 6.39. The molecular weight excluding hydrogens is 256 g/mol. The minimum absolute atomic E-state index is 0.0430. The van der Waals surface area contributed by atoms with Gasteiger partial charge in [0.1, 0.15) is 5.76 Å². The summed E-state index contributed by atoms with van der Waals surface area (Å²) in [6, 6.07) is 16.9. The number of hydrogen-bond donors (Lipinski definition) is 0. The maximum atomic E-state index is 6.45. The summed E-state index contributed by atoms with van der Waals surface area (Å²) < 4.78 is 5.31. The van der Waals surface area contributed by atoms with E-state index in [0.29, 0.717) is 0 Å². The molecule has 1 atom stereocenters. The average molecular weight is 271 g/mol. The van der Waals surface area contributed by atoms with Crippen molar-refractivity contribution in [3.05, 3.63) is 71.7 Å². The van der Waals surface area contributed by atoms with Gasteiger partial charge in [-0.3, -0.25) is 0 Å². The van der Waals surface area contributed by atoms with E-state index in [9.17, 15) is 0 Å². The Morgan fingerprint density at radius 2 is 1.84 bits per heavy atom. The van der Waals surface area contributed by atoms with Crippen LogP contribution in [0.3, 0.4) is 0 Å². The zero-order valence-electron chi connectivity index (χ0n) is 10.8. The summed E-state index contributed by atoms with van der Waals surface area (Å²) in [5, 5.41) is 2.47. The zero-order chi connectivity index (χ0) is 13.2. The normalized spacial score (nSPS) is 12.7. The molecule has 0 saturated heterocycles. The molecule has 2 aromatic carbocycles. The molecule has 0 bridgehead atoms. The molecule has 0 aliphatic rings. The SMILES string of the molecule is Cc1cc(C(Cl)Cc2ccc3ccccc3c2)co1. The molecule has 3 rings (SSSR count). The van der Waals surface area contributed by atoms with Crippen molar-refractivity contribution in [2.24, 2.45) is 0 Å². The van der Waals surface area contributed by atoms with Crippen LogP contribution < -0.4 is 0 Å². The highest BCUT2D eigenvalue weighted by atomic mass is 35.5. The van der Waals surface area contributed by atoms with Crippen LogP contribution in [-0.2, 0) is 6.42 Å². The maximum absolute atomic E-state index is 6.45. The summed E-state index contributed by atoms with van der Waals surface area (Å²) in [4.78, 5) is 0. The molecule has 1 unspecified atom stereocenters. The van der Waals surface area contributed by atoms with Crippen LogP contribution in [0.5, 0.6) is 0 Å². The number of alkyl halides is 1. The van der Waals surface area contributed by atoms with Crippen molar-refractivity contribution in [3.8, 4) is 0 Å². The van der Waals surface area contributed by atoms with Crippen LogP contribution in [0.1, 0.15) is 22.3 Å². The summed E-state index contributed by atoms with van der Waals surface area (Å²) in [7, 11) is 0. The van der Waals surface area contributed by atoms with E-state index in [1.807, 2.05) is 13.0 Å². The third-order valence-corrected chi connectivity index (χ3v) is 3.75. The first-order chi connectivity index (χ1) is 9.22. The van der Waals surface area contributed by atoms with Gasteiger partial charge in [-0.25, -0.2) is 0 Å². The number of benzene rings is 2. The molecule has 19 heavy (non-hydrogen) atoms. The number of aryl methyl sites for hydroxylation is 1. The molecule has 0 amide bonds. The number of furan rings is 1. The molecule has 3 aromatic rings. The fourth-order valence-corrected chi connectivity index (χ4v) is 2.61. The molecule has 1 nitrogen and oxygen atoms in total. The molecule has 1 aromatic heterocycles. The van der Waals surface area contributed by atoms with E-state index in [2.05, 4.69) is 42.5 Å². The van der Waals surface area contributed by atoms with Crippen LogP contribution in [0.25, 0.3) is 10.8 Å². The van der Waals surface area contributed by atoms with Crippen LogP contribution in [0, 0.1) is 6.92 Å². The van der Waals surface area contributed by atoms with Crippen molar-refractivity contribution in [1.29, 1.82) is 0 Å². The van der Waals surface area contributed by atoms with Crippen LogP contribution >= 0.6 is 11.6 Å². The smallest absolute Gasteiger partial charge is 0.101 e. The van der Waals surface area contributed by atoms with E-state index in [1.165, 1.54) is 16.3 Å². The van der Waals surface area contributed by atoms with Gasteiger partial charge in [0, 0.05) is 5.56 Å². The fourth-order valence-electron chi connectivity index (χ4n) is 2.32. The highest BCUT2D eigenvalue weighted by Gasteiger charge is 2.11. The molecule has 0 saturated carbocycles. The van der Waals surface area contributed by atoms with Gasteiger partial charge in [0.2, 0.25) is 0 Å². The molecule has 0 aliphatic heterocycles. The minimum Gasteiger partial charge on any atom is -0.469 e. The third kappa shape index (κ3) is 2.66. The average Bonchev–Trinajstić information content (AvgIpc) is 2.85. The Kier molecular flexibility index (Phi) is 3.31. The van der Waals surface area contributed by atoms with E-state index in [1.54, 1.807) is 6.26 Å². The van der Waals surface area contributed by atoms with Crippen molar-refractivity contribution in [2.45, 2.75) is 18.7 Å². The second-order valence-corrected chi connectivity index (χ2v) is 5.37. The lowest BCUT2D eigenvalue weighted by molar-refractivity contribution is 0.531. The fraction of sp³-hybridized carbons (Fsp3) is 0.176. The Morgan fingerprint density at radius 3 is 2.58 bits per heavy atom. The van der Waals surface area contributed by atoms with Gasteiger partial charge in [0.05, 0.1) is 11.6 Å². The standard InChI is InChI=1S/C17H15ClO/c1-12-8-16(11-19-12)17(18)10-13-6-7-14-4-2-3-5-15(14)9-13/h2-9,11,17H,10H2,1H3. The van der Waals surface area contributed by atoms with E-state index in [-0.39, 0.29) is 5.38 Å². The number of fused-ring (bicyclic) bond motifs is 1. The quantitative estimate of drug-likeness (QED) is 0.592. The molecule has 0 radical (unpaired) electrons. The lowest BCUT2D eigenvalue weighted by Crippen LogP contribution is -1.94. The Labute approximate surface area is 117 Å². The van der Waals surface area contributed by atoms with Crippen molar-refractivity contribution in [3.63, 3.8) is 0 Å². The van der Waals surface area contributed by atoms with Crippen LogP contribution in [0.4, 0.5) is 0 Å². The lowest BCUT2D eigenvalue weighted by Gasteiger charge is -2.08. The minimum atomic E-state index is -0.0430. The van der Waals surface area contributed by atoms with E-state index in [0.717, 1.165) is 17.7 Å². The summed E-state index contributed by atoms with van der Waals surface area (Å²) in [5.41, 5.74) is 2.30. The van der Waals surface area contributed by atoms with E-state index >= 15 is 0 Å². The molecular formula is C17H15ClO. The van der Waals surface area contributed by atoms with Gasteiger partial charge in [-0.1, -0.05) is 42.5 Å². The summed E-state index contributed by atoms with van der Waals surface area (Å²) in [5.74, 6) is 0.902. The highest BCUT2D eigenvalue weighted by Crippen LogP contribution is 2.27. The topological polar surface area (TPSA) is 13.1 Å². The van der Waals surface area contributed by atoms with Crippen molar-refractivity contribution in [1.82, 2.24) is 0 Å². The molecule has 2 heteroatoms. The van der Waals surface area contributed by atoms with E-state index in [4.69, 9.17) is 16.0 Å². The summed E-state index contributed by atoms with van der Waals surface area (Å²) in [6.07, 6.45) is 2.55. The first-order valence-corrected chi connectivity index (χ1v) is 6.83. The predicted octanol–water partition coefficient (Wildman–Crippen LogP) is 5.26. The van der Waals surface area contributed by atoms with Crippen LogP contribution in [-0.4, -0.2) is 0 Å². The predicted molar refractivity (Wildman–Crippen MR) is 79.7 cm³/mol. The number of halogens is 1. The molecule has 0 aliphatic carbocycles. The molecule has 0 N–H and O–H groups in total. The Morgan fingerprint density at radius 1 is 1.05 bits per heavy atom. The van der Waals surface area contributed by atoms with Crippen molar-refractivity contribution in [2.75, 3.05) is 0 Å². The highest BCUT2D eigenvalue weighted by molar-refractivity contribution is 6.20. The van der Waals surface area contributed by atoms with Gasteiger partial charge < -0.3 is 4.42 Å². The monoisotopic (exact) mass is 270 g/mol. The van der Waals surface area contributed by atoms with E-state index < -0.39 is 0 Å². The first kappa shape index (κ1) is 12.3. The van der Waals surface area contributed by atoms with Gasteiger partial charge in [-0.05, 0) is 35.7 Å². The largest absolute Gasteiger partial charge is 0.469 e. The Hall–Kier alpha value is -1.73. The third-order valence-electron chi connectivity index (χ3n) is 3.34. The molecule has 0 fully saturated rings. The van der Waals surface area contributed by atoms with Crippen molar-refractivity contribution >= 4 is 22.4 Å². The molecule has 1 heterocycles. The van der Waals surface area contributed by atoms with Gasteiger partial charge in [0.25, 0.3) is 0 Å².